The third kappa shape index (κ3) is 5.75. The van der Waals surface area contributed by atoms with Crippen LogP contribution in [-0.2, 0) is 9.53 Å². The first-order valence-electron chi connectivity index (χ1n) is 9.83. The lowest BCUT2D eigenvalue weighted by Crippen LogP contribution is -2.48. The molecular formula is C20H30N6O3. The lowest BCUT2D eigenvalue weighted by molar-refractivity contribution is -0.124. The van der Waals surface area contributed by atoms with E-state index in [0.717, 1.165) is 0 Å². The zero-order valence-electron chi connectivity index (χ0n) is 17.7. The smallest absolute Gasteiger partial charge is 0.410 e. The average molecular weight is 402 g/mol. The molecule has 3 rings (SSSR count). The molecule has 0 radical (unpaired) electrons. The molecule has 3 heterocycles. The van der Waals surface area contributed by atoms with E-state index in [2.05, 4.69) is 15.0 Å². The molecule has 1 fully saturated rings. The van der Waals surface area contributed by atoms with Gasteiger partial charge in [0.15, 0.2) is 0 Å². The zero-order chi connectivity index (χ0) is 21.6. The third-order valence-corrected chi connectivity index (χ3v) is 4.41. The van der Waals surface area contributed by atoms with Crippen LogP contribution in [0.5, 0.6) is 0 Å². The molecule has 0 bridgehead atoms. The minimum atomic E-state index is -0.587. The van der Waals surface area contributed by atoms with Crippen molar-refractivity contribution in [3.8, 4) is 5.95 Å². The van der Waals surface area contributed by atoms with Gasteiger partial charge in [0.05, 0.1) is 5.69 Å². The summed E-state index contributed by atoms with van der Waals surface area (Å²) in [4.78, 5) is 38.9. The summed E-state index contributed by atoms with van der Waals surface area (Å²) in [7, 11) is 0. The van der Waals surface area contributed by atoms with E-state index in [1.165, 1.54) is 0 Å². The molecule has 0 aliphatic carbocycles. The molecule has 2 unspecified atom stereocenters. The van der Waals surface area contributed by atoms with Gasteiger partial charge in [-0.2, -0.15) is 0 Å². The van der Waals surface area contributed by atoms with Crippen LogP contribution in [0.4, 0.5) is 4.79 Å². The van der Waals surface area contributed by atoms with Crippen LogP contribution in [0.2, 0.25) is 0 Å². The van der Waals surface area contributed by atoms with E-state index in [1.54, 1.807) is 40.5 Å². The van der Waals surface area contributed by atoms with Gasteiger partial charge in [-0.3, -0.25) is 9.36 Å². The van der Waals surface area contributed by atoms with Gasteiger partial charge in [0, 0.05) is 43.5 Å². The third-order valence-electron chi connectivity index (χ3n) is 4.41. The highest BCUT2D eigenvalue weighted by molar-refractivity contribution is 5.78. The second kappa shape index (κ2) is 9.49. The van der Waals surface area contributed by atoms with E-state index in [0.29, 0.717) is 31.2 Å². The molecule has 2 aromatic rings. The van der Waals surface area contributed by atoms with Gasteiger partial charge in [-0.15, -0.1) is 0 Å². The number of carbonyl (C=O) groups is 2. The fraction of sp³-hybridized carbons (Fsp3) is 0.550. The SMILES string of the molecule is CC.CC(C)(C)OC(=O)N1CCC(C(N)=O)C(c2ccnc(-n3ccnc3)n2)C1. The number of nitrogens with two attached hydrogens (primary N) is 1. The number of aromatic nitrogens is 4. The summed E-state index contributed by atoms with van der Waals surface area (Å²) in [6, 6.07) is 1.75. The van der Waals surface area contributed by atoms with Crippen LogP contribution in [0.25, 0.3) is 5.95 Å². The number of likely N-dealkylation sites (tertiary alicyclic amines) is 1. The maximum absolute atomic E-state index is 12.5. The summed E-state index contributed by atoms with van der Waals surface area (Å²) < 4.78 is 7.14. The van der Waals surface area contributed by atoms with Crippen LogP contribution in [0, 0.1) is 5.92 Å². The minimum absolute atomic E-state index is 0.308. The molecule has 0 spiro atoms. The molecular weight excluding hydrogens is 372 g/mol. The van der Waals surface area contributed by atoms with Crippen LogP contribution < -0.4 is 5.73 Å². The van der Waals surface area contributed by atoms with Crippen LogP contribution >= 0.6 is 0 Å². The Bertz CT molecular complexity index is 816. The number of hydrogen-bond acceptors (Lipinski definition) is 6. The Morgan fingerprint density at radius 2 is 1.97 bits per heavy atom. The topological polar surface area (TPSA) is 116 Å². The molecule has 9 heteroatoms. The minimum Gasteiger partial charge on any atom is -0.444 e. The van der Waals surface area contributed by atoms with Crippen molar-refractivity contribution in [1.82, 2.24) is 24.4 Å². The number of hydrogen-bond donors (Lipinski definition) is 1. The molecule has 2 atom stereocenters. The number of rotatable bonds is 3. The largest absolute Gasteiger partial charge is 0.444 e. The van der Waals surface area contributed by atoms with Crippen molar-refractivity contribution in [3.63, 3.8) is 0 Å². The summed E-state index contributed by atoms with van der Waals surface area (Å²) in [5.74, 6) is -0.683. The monoisotopic (exact) mass is 402 g/mol. The van der Waals surface area contributed by atoms with Crippen LogP contribution in [-0.4, -0.2) is 55.1 Å². The number of imidazole rings is 1. The molecule has 2 aromatic heterocycles. The second-order valence-electron chi connectivity index (χ2n) is 7.58. The van der Waals surface area contributed by atoms with Crippen molar-refractivity contribution >= 4 is 12.0 Å². The summed E-state index contributed by atoms with van der Waals surface area (Å²) in [5.41, 5.74) is 5.69. The Hall–Kier alpha value is -2.97. The number of piperidine rings is 1. The summed E-state index contributed by atoms with van der Waals surface area (Å²) in [6.07, 6.45) is 6.65. The Labute approximate surface area is 171 Å². The quantitative estimate of drug-likeness (QED) is 0.843. The van der Waals surface area contributed by atoms with Gasteiger partial charge in [0.25, 0.3) is 0 Å². The average Bonchev–Trinajstić information content (AvgIpc) is 3.23. The van der Waals surface area contributed by atoms with E-state index < -0.39 is 23.5 Å². The van der Waals surface area contributed by atoms with Crippen LogP contribution in [0.3, 0.4) is 0 Å². The van der Waals surface area contributed by atoms with Gasteiger partial charge in [0.1, 0.15) is 11.9 Å². The van der Waals surface area contributed by atoms with Crippen molar-refractivity contribution in [2.75, 3.05) is 13.1 Å². The van der Waals surface area contributed by atoms with E-state index in [-0.39, 0.29) is 5.92 Å². The first-order chi connectivity index (χ1) is 13.7. The van der Waals surface area contributed by atoms with Gasteiger partial charge < -0.3 is 15.4 Å². The zero-order valence-corrected chi connectivity index (χ0v) is 17.7. The number of ether oxygens (including phenoxy) is 1. The number of nitrogens with zero attached hydrogens (tertiary/aromatic N) is 5. The van der Waals surface area contributed by atoms with Gasteiger partial charge in [-0.05, 0) is 33.3 Å². The lowest BCUT2D eigenvalue weighted by atomic mass is 9.82. The molecule has 29 heavy (non-hydrogen) atoms. The standard InChI is InChI=1S/C18H24N6O3.C2H6/c1-18(2,3)27-17(26)23-8-5-12(15(19)25)13(10-23)14-4-6-21-16(22-14)24-9-7-20-11-24;1-2/h4,6-7,9,11-13H,5,8,10H2,1-3H3,(H2,19,25);1-2H3. The van der Waals surface area contributed by atoms with Crippen molar-refractivity contribution < 1.29 is 14.3 Å². The fourth-order valence-corrected chi connectivity index (χ4v) is 3.15. The first kappa shape index (κ1) is 22.3. The molecule has 2 amide bonds. The molecule has 0 aromatic carbocycles. The summed E-state index contributed by atoms with van der Waals surface area (Å²) in [5, 5.41) is 0. The molecule has 0 saturated carbocycles. The fourth-order valence-electron chi connectivity index (χ4n) is 3.15. The summed E-state index contributed by atoms with van der Waals surface area (Å²) in [6.45, 7) is 10.2. The molecule has 2 N–H and O–H groups in total. The lowest BCUT2D eigenvalue weighted by Gasteiger charge is -2.37. The molecule has 158 valence electrons. The highest BCUT2D eigenvalue weighted by Crippen LogP contribution is 2.32. The van der Waals surface area contributed by atoms with Gasteiger partial charge in [-0.1, -0.05) is 13.8 Å². The summed E-state index contributed by atoms with van der Waals surface area (Å²) >= 11 is 0. The normalized spacial score (nSPS) is 19.1. The van der Waals surface area contributed by atoms with Crippen LogP contribution in [0.15, 0.2) is 31.0 Å². The van der Waals surface area contributed by atoms with Crippen LogP contribution in [0.1, 0.15) is 52.7 Å². The Morgan fingerprint density at radius 1 is 1.24 bits per heavy atom. The van der Waals surface area contributed by atoms with Gasteiger partial charge >= 0.3 is 6.09 Å². The Balaban J connectivity index is 0.00000145. The first-order valence-corrected chi connectivity index (χ1v) is 9.83. The highest BCUT2D eigenvalue weighted by Gasteiger charge is 2.38. The maximum Gasteiger partial charge on any atom is 0.410 e. The Kier molecular flexibility index (Phi) is 7.30. The molecule has 1 aliphatic heterocycles. The van der Waals surface area contributed by atoms with Gasteiger partial charge in [0.2, 0.25) is 11.9 Å². The maximum atomic E-state index is 12.5. The second-order valence-corrected chi connectivity index (χ2v) is 7.58. The van der Waals surface area contributed by atoms with E-state index >= 15 is 0 Å². The number of primary amides is 1. The molecule has 1 saturated heterocycles. The highest BCUT2D eigenvalue weighted by atomic mass is 16.6. The van der Waals surface area contributed by atoms with Crippen molar-refractivity contribution in [3.05, 3.63) is 36.7 Å². The van der Waals surface area contributed by atoms with E-state index in [1.807, 2.05) is 34.6 Å². The Morgan fingerprint density at radius 3 is 2.55 bits per heavy atom. The molecule has 1 aliphatic rings. The number of carbonyl (C=O) groups excluding carboxylic acids is 2. The van der Waals surface area contributed by atoms with Gasteiger partial charge in [-0.25, -0.2) is 19.7 Å². The molecule has 9 nitrogen and oxygen atoms in total. The van der Waals surface area contributed by atoms with Crippen molar-refractivity contribution in [2.45, 2.75) is 52.6 Å². The van der Waals surface area contributed by atoms with E-state index in [9.17, 15) is 9.59 Å². The predicted octanol–water partition coefficient (Wildman–Crippen LogP) is 2.51. The number of amides is 2. The van der Waals surface area contributed by atoms with E-state index in [4.69, 9.17) is 10.5 Å². The van der Waals surface area contributed by atoms with Crippen molar-refractivity contribution in [1.29, 1.82) is 0 Å². The predicted molar refractivity (Wildman–Crippen MR) is 108 cm³/mol. The van der Waals surface area contributed by atoms with Crippen molar-refractivity contribution in [2.24, 2.45) is 11.7 Å².